The van der Waals surface area contributed by atoms with Crippen molar-refractivity contribution in [1.82, 2.24) is 15.3 Å². The molecule has 2 aliphatic rings. The van der Waals surface area contributed by atoms with Gasteiger partial charge in [-0.25, -0.2) is 9.97 Å². The standard InChI is InChI=1S/C26H30Cl2N4O4/c1-33-23-13-21(19(27)12-20(23)28)32-26-25-22(30-15-31-26)10-18(35-14-16-2-6-29-7-3-16)11-24(25)36-17-4-8-34-9-5-17/h10-13,15-17,29H,2-9,14H2,1H3,(H,30,31,32). The number of aromatic nitrogens is 2. The van der Waals surface area contributed by atoms with E-state index in [0.29, 0.717) is 58.8 Å². The van der Waals surface area contributed by atoms with Crippen LogP contribution in [0.3, 0.4) is 0 Å². The van der Waals surface area contributed by atoms with E-state index in [-0.39, 0.29) is 6.10 Å². The highest BCUT2D eigenvalue weighted by atomic mass is 35.5. The number of nitrogens with zero attached hydrogens (tertiary/aromatic N) is 2. The number of hydrogen-bond donors (Lipinski definition) is 2. The third-order valence-electron chi connectivity index (χ3n) is 6.58. The molecule has 10 heteroatoms. The van der Waals surface area contributed by atoms with Crippen LogP contribution in [0.15, 0.2) is 30.6 Å². The van der Waals surface area contributed by atoms with Gasteiger partial charge in [0, 0.05) is 31.0 Å². The molecule has 5 rings (SSSR count). The maximum atomic E-state index is 6.50. The highest BCUT2D eigenvalue weighted by molar-refractivity contribution is 6.37. The van der Waals surface area contributed by atoms with E-state index in [0.717, 1.165) is 55.4 Å². The number of nitrogens with one attached hydrogen (secondary N) is 2. The number of benzene rings is 2. The zero-order chi connectivity index (χ0) is 24.9. The van der Waals surface area contributed by atoms with E-state index >= 15 is 0 Å². The average Bonchev–Trinajstić information content (AvgIpc) is 2.90. The highest BCUT2D eigenvalue weighted by Crippen LogP contribution is 2.40. The molecule has 0 bridgehead atoms. The van der Waals surface area contributed by atoms with Crippen LogP contribution < -0.4 is 24.8 Å². The van der Waals surface area contributed by atoms with Crippen LogP contribution in [0.1, 0.15) is 25.7 Å². The van der Waals surface area contributed by atoms with Crippen LogP contribution in [0.5, 0.6) is 17.2 Å². The van der Waals surface area contributed by atoms with Gasteiger partial charge >= 0.3 is 0 Å². The van der Waals surface area contributed by atoms with E-state index < -0.39 is 0 Å². The lowest BCUT2D eigenvalue weighted by Crippen LogP contribution is -2.30. The molecule has 8 nitrogen and oxygen atoms in total. The Morgan fingerprint density at radius 3 is 2.58 bits per heavy atom. The largest absolute Gasteiger partial charge is 0.495 e. The predicted octanol–water partition coefficient (Wildman–Crippen LogP) is 5.63. The molecule has 2 aliphatic heterocycles. The first kappa shape index (κ1) is 25.1. The Morgan fingerprint density at radius 1 is 1.00 bits per heavy atom. The van der Waals surface area contributed by atoms with Gasteiger partial charge in [-0.1, -0.05) is 23.2 Å². The monoisotopic (exact) mass is 532 g/mol. The molecule has 0 spiro atoms. The average molecular weight is 533 g/mol. The van der Waals surface area contributed by atoms with E-state index in [1.807, 2.05) is 12.1 Å². The van der Waals surface area contributed by atoms with Crippen LogP contribution in [0.2, 0.25) is 10.0 Å². The number of ether oxygens (including phenoxy) is 4. The van der Waals surface area contributed by atoms with Crippen molar-refractivity contribution in [2.75, 3.05) is 45.3 Å². The van der Waals surface area contributed by atoms with Gasteiger partial charge in [-0.15, -0.1) is 0 Å². The molecule has 0 amide bonds. The molecule has 0 radical (unpaired) electrons. The first-order chi connectivity index (χ1) is 17.6. The fourth-order valence-electron chi connectivity index (χ4n) is 4.55. The van der Waals surface area contributed by atoms with Gasteiger partial charge in [-0.05, 0) is 37.9 Å². The summed E-state index contributed by atoms with van der Waals surface area (Å²) in [6.07, 6.45) is 5.41. The molecule has 2 saturated heterocycles. The molecular formula is C26H30Cl2N4O4. The summed E-state index contributed by atoms with van der Waals surface area (Å²) in [6.45, 7) is 4.08. The Morgan fingerprint density at radius 2 is 1.81 bits per heavy atom. The first-order valence-electron chi connectivity index (χ1n) is 12.3. The molecule has 2 N–H and O–H groups in total. The lowest BCUT2D eigenvalue weighted by Gasteiger charge is -2.25. The number of fused-ring (bicyclic) bond motifs is 1. The number of piperidine rings is 1. The van der Waals surface area contributed by atoms with E-state index in [9.17, 15) is 0 Å². The predicted molar refractivity (Wildman–Crippen MR) is 141 cm³/mol. The minimum Gasteiger partial charge on any atom is -0.495 e. The lowest BCUT2D eigenvalue weighted by atomic mass is 9.99. The third kappa shape index (κ3) is 5.89. The Hall–Kier alpha value is -2.52. The second-order valence-corrected chi connectivity index (χ2v) is 9.88. The zero-order valence-corrected chi connectivity index (χ0v) is 21.7. The normalized spacial score (nSPS) is 17.2. The SMILES string of the molecule is COc1cc(Nc2ncnc3cc(OCC4CCNCC4)cc(OC4CCOCC4)c23)c(Cl)cc1Cl. The van der Waals surface area contributed by atoms with Gasteiger partial charge in [0.2, 0.25) is 0 Å². The summed E-state index contributed by atoms with van der Waals surface area (Å²) in [5.74, 6) is 3.01. The molecule has 0 saturated carbocycles. The lowest BCUT2D eigenvalue weighted by molar-refractivity contribution is 0.0261. The van der Waals surface area contributed by atoms with Crippen LogP contribution >= 0.6 is 23.2 Å². The van der Waals surface area contributed by atoms with Crippen LogP contribution in [-0.4, -0.2) is 56.1 Å². The van der Waals surface area contributed by atoms with Gasteiger partial charge in [0.25, 0.3) is 0 Å². The summed E-state index contributed by atoms with van der Waals surface area (Å²) in [6, 6.07) is 7.26. The quantitative estimate of drug-likeness (QED) is 0.386. The number of methoxy groups -OCH3 is 1. The maximum Gasteiger partial charge on any atom is 0.145 e. The van der Waals surface area contributed by atoms with Crippen molar-refractivity contribution in [3.05, 3.63) is 40.6 Å². The van der Waals surface area contributed by atoms with E-state index in [2.05, 4.69) is 20.6 Å². The van der Waals surface area contributed by atoms with Crippen molar-refractivity contribution in [2.45, 2.75) is 31.8 Å². The van der Waals surface area contributed by atoms with Crippen LogP contribution in [0.4, 0.5) is 11.5 Å². The molecule has 3 heterocycles. The minimum absolute atomic E-state index is 0.0360. The van der Waals surface area contributed by atoms with Crippen molar-refractivity contribution in [1.29, 1.82) is 0 Å². The summed E-state index contributed by atoms with van der Waals surface area (Å²) >= 11 is 12.7. The fourth-order valence-corrected chi connectivity index (χ4v) is 5.05. The number of rotatable bonds is 8. The molecule has 1 aromatic heterocycles. The topological polar surface area (TPSA) is 86.8 Å². The number of halogens is 2. The summed E-state index contributed by atoms with van der Waals surface area (Å²) in [5.41, 5.74) is 1.33. The second kappa shape index (κ2) is 11.7. The van der Waals surface area contributed by atoms with Crippen molar-refractivity contribution in [2.24, 2.45) is 5.92 Å². The summed E-state index contributed by atoms with van der Waals surface area (Å²) in [4.78, 5) is 9.06. The van der Waals surface area contributed by atoms with Gasteiger partial charge in [-0.3, -0.25) is 0 Å². The number of anilines is 2. The molecule has 2 fully saturated rings. The highest BCUT2D eigenvalue weighted by Gasteiger charge is 2.21. The third-order valence-corrected chi connectivity index (χ3v) is 7.18. The van der Waals surface area contributed by atoms with Crippen molar-refractivity contribution in [3.8, 4) is 17.2 Å². The smallest absolute Gasteiger partial charge is 0.145 e. The molecule has 36 heavy (non-hydrogen) atoms. The van der Waals surface area contributed by atoms with Crippen molar-refractivity contribution < 1.29 is 18.9 Å². The number of hydrogen-bond acceptors (Lipinski definition) is 8. The first-order valence-corrected chi connectivity index (χ1v) is 13.0. The summed E-state index contributed by atoms with van der Waals surface area (Å²) < 4.78 is 23.6. The van der Waals surface area contributed by atoms with Crippen LogP contribution in [-0.2, 0) is 4.74 Å². The second-order valence-electron chi connectivity index (χ2n) is 9.06. The molecule has 192 valence electrons. The maximum absolute atomic E-state index is 6.50. The van der Waals surface area contributed by atoms with Gasteiger partial charge in [0.1, 0.15) is 35.5 Å². The van der Waals surface area contributed by atoms with Gasteiger partial charge in [0.05, 0.1) is 53.6 Å². The van der Waals surface area contributed by atoms with Crippen LogP contribution in [0, 0.1) is 5.92 Å². The Bertz CT molecular complexity index is 1200. The van der Waals surface area contributed by atoms with E-state index in [1.165, 1.54) is 6.33 Å². The van der Waals surface area contributed by atoms with Crippen molar-refractivity contribution in [3.63, 3.8) is 0 Å². The fraction of sp³-hybridized carbons (Fsp3) is 0.462. The van der Waals surface area contributed by atoms with Gasteiger partial charge < -0.3 is 29.6 Å². The minimum atomic E-state index is 0.0360. The van der Waals surface area contributed by atoms with Crippen molar-refractivity contribution >= 4 is 45.6 Å². The van der Waals surface area contributed by atoms with Gasteiger partial charge in [-0.2, -0.15) is 0 Å². The Kier molecular flexibility index (Phi) is 8.16. The summed E-state index contributed by atoms with van der Waals surface area (Å²) in [5, 5.41) is 8.35. The van der Waals surface area contributed by atoms with E-state index in [4.69, 9.17) is 42.1 Å². The molecule has 0 atom stereocenters. The zero-order valence-electron chi connectivity index (χ0n) is 20.2. The molecule has 3 aromatic rings. The molecule has 0 unspecified atom stereocenters. The summed E-state index contributed by atoms with van der Waals surface area (Å²) in [7, 11) is 1.56. The molecule has 0 aliphatic carbocycles. The van der Waals surface area contributed by atoms with E-state index in [1.54, 1.807) is 19.2 Å². The Labute approximate surface area is 220 Å². The molecular weight excluding hydrogens is 503 g/mol. The van der Waals surface area contributed by atoms with Crippen LogP contribution in [0.25, 0.3) is 10.9 Å². The molecule has 2 aromatic carbocycles. The Balaban J connectivity index is 1.49. The van der Waals surface area contributed by atoms with Gasteiger partial charge in [0.15, 0.2) is 0 Å².